The highest BCUT2D eigenvalue weighted by Gasteiger charge is 2.04. The Kier molecular flexibility index (Phi) is 5.79. The highest BCUT2D eigenvalue weighted by molar-refractivity contribution is 5.92. The van der Waals surface area contributed by atoms with Gasteiger partial charge in [-0.1, -0.05) is 24.3 Å². The second kappa shape index (κ2) is 8.62. The Morgan fingerprint density at radius 3 is 2.52 bits per heavy atom. The van der Waals surface area contributed by atoms with E-state index in [1.54, 1.807) is 25.3 Å². The predicted octanol–water partition coefficient (Wildman–Crippen LogP) is 4.12. The Labute approximate surface area is 157 Å². The van der Waals surface area contributed by atoms with Gasteiger partial charge in [0.25, 0.3) is 0 Å². The molecule has 0 bridgehead atoms. The molecule has 6 nitrogen and oxygen atoms in total. The van der Waals surface area contributed by atoms with E-state index in [-0.39, 0.29) is 18.3 Å². The average Bonchev–Trinajstić information content (AvgIpc) is 2.68. The third kappa shape index (κ3) is 5.15. The maximum atomic E-state index is 9.91. The van der Waals surface area contributed by atoms with Crippen molar-refractivity contribution < 1.29 is 14.6 Å². The largest absolute Gasteiger partial charge is 0.508 e. The monoisotopic (exact) mass is 363 g/mol. The number of ether oxygens (including phenoxy) is 2. The van der Waals surface area contributed by atoms with E-state index < -0.39 is 0 Å². The first-order valence-corrected chi connectivity index (χ1v) is 8.40. The summed E-state index contributed by atoms with van der Waals surface area (Å²) in [6.07, 6.45) is 0. The fourth-order valence-electron chi connectivity index (χ4n) is 2.44. The third-order valence-corrected chi connectivity index (χ3v) is 3.79. The number of nitrogens with zero attached hydrogens (tertiary/aromatic N) is 1. The van der Waals surface area contributed by atoms with E-state index in [2.05, 4.69) is 10.3 Å². The number of para-hydroxylation sites is 1. The first kappa shape index (κ1) is 18.1. The molecule has 0 saturated heterocycles. The molecular weight excluding hydrogens is 342 g/mol. The summed E-state index contributed by atoms with van der Waals surface area (Å²) < 4.78 is 11.0. The number of nitrogens with one attached hydrogen (secondary N) is 1. The van der Waals surface area contributed by atoms with Crippen molar-refractivity contribution in [3.8, 4) is 23.0 Å². The van der Waals surface area contributed by atoms with Crippen molar-refractivity contribution in [1.29, 1.82) is 0 Å². The molecule has 0 aliphatic heterocycles. The third-order valence-electron chi connectivity index (χ3n) is 3.79. The molecule has 4 N–H and O–H groups in total. The van der Waals surface area contributed by atoms with Crippen LogP contribution in [0.3, 0.4) is 0 Å². The van der Waals surface area contributed by atoms with Gasteiger partial charge < -0.3 is 25.6 Å². The number of aromatic hydroxyl groups is 1. The summed E-state index contributed by atoms with van der Waals surface area (Å²) in [4.78, 5) is 4.27. The number of phenolic OH excluding ortho intramolecular Hbond substituents is 1. The molecular formula is C21H21N3O3. The van der Waals surface area contributed by atoms with Crippen molar-refractivity contribution in [2.75, 3.05) is 12.4 Å². The summed E-state index contributed by atoms with van der Waals surface area (Å²) in [6.45, 7) is 0.224. The highest BCUT2D eigenvalue weighted by Crippen LogP contribution is 2.25. The Morgan fingerprint density at radius 2 is 1.74 bits per heavy atom. The second-order valence-corrected chi connectivity index (χ2v) is 5.76. The van der Waals surface area contributed by atoms with Gasteiger partial charge >= 0.3 is 0 Å². The zero-order chi connectivity index (χ0) is 19.1. The van der Waals surface area contributed by atoms with E-state index in [0.29, 0.717) is 17.1 Å². The van der Waals surface area contributed by atoms with Gasteiger partial charge in [0.1, 0.15) is 23.0 Å². The Hall–Kier alpha value is -3.67. The zero-order valence-electron chi connectivity index (χ0n) is 14.9. The minimum absolute atomic E-state index is 0.144. The number of guanidine groups is 1. The van der Waals surface area contributed by atoms with Crippen LogP contribution in [0.1, 0.15) is 5.56 Å². The number of phenols is 1. The van der Waals surface area contributed by atoms with Crippen LogP contribution in [-0.4, -0.2) is 18.2 Å². The van der Waals surface area contributed by atoms with E-state index in [1.165, 1.54) is 0 Å². The fourth-order valence-corrected chi connectivity index (χ4v) is 2.44. The molecule has 0 unspecified atom stereocenters. The van der Waals surface area contributed by atoms with Gasteiger partial charge in [0.15, 0.2) is 5.96 Å². The van der Waals surface area contributed by atoms with Crippen molar-refractivity contribution in [2.45, 2.75) is 6.54 Å². The van der Waals surface area contributed by atoms with Gasteiger partial charge in [0, 0.05) is 17.3 Å². The molecule has 6 heteroatoms. The first-order valence-electron chi connectivity index (χ1n) is 8.40. The second-order valence-electron chi connectivity index (χ2n) is 5.76. The van der Waals surface area contributed by atoms with Crippen molar-refractivity contribution >= 4 is 11.6 Å². The highest BCUT2D eigenvalue weighted by atomic mass is 16.5. The van der Waals surface area contributed by atoms with Crippen LogP contribution in [0.5, 0.6) is 23.0 Å². The normalized spacial score (nSPS) is 11.1. The number of hydrogen-bond acceptors (Lipinski definition) is 4. The molecule has 0 aromatic heterocycles. The van der Waals surface area contributed by atoms with Gasteiger partial charge in [-0.05, 0) is 42.5 Å². The van der Waals surface area contributed by atoms with Crippen molar-refractivity contribution in [2.24, 2.45) is 10.7 Å². The van der Waals surface area contributed by atoms with Crippen LogP contribution in [0.25, 0.3) is 0 Å². The summed E-state index contributed by atoms with van der Waals surface area (Å²) in [5.41, 5.74) is 7.34. The van der Waals surface area contributed by atoms with Gasteiger partial charge in [0.05, 0.1) is 13.7 Å². The van der Waals surface area contributed by atoms with Gasteiger partial charge in [-0.15, -0.1) is 0 Å². The molecule has 0 spiro atoms. The molecule has 0 amide bonds. The quantitative estimate of drug-likeness (QED) is 0.453. The van der Waals surface area contributed by atoms with Crippen LogP contribution >= 0.6 is 0 Å². The lowest BCUT2D eigenvalue weighted by Gasteiger charge is -2.10. The number of methoxy groups -OCH3 is 1. The van der Waals surface area contributed by atoms with Gasteiger partial charge in [-0.25, -0.2) is 4.99 Å². The lowest BCUT2D eigenvalue weighted by molar-refractivity contribution is 0.411. The molecule has 0 atom stereocenters. The number of hydrogen-bond donors (Lipinski definition) is 3. The zero-order valence-corrected chi connectivity index (χ0v) is 14.9. The van der Waals surface area contributed by atoms with Crippen LogP contribution in [0, 0.1) is 0 Å². The van der Waals surface area contributed by atoms with Crippen molar-refractivity contribution in [3.05, 3.63) is 78.4 Å². The smallest absolute Gasteiger partial charge is 0.193 e. The van der Waals surface area contributed by atoms with Crippen molar-refractivity contribution in [1.82, 2.24) is 0 Å². The molecule has 0 heterocycles. The molecule has 27 heavy (non-hydrogen) atoms. The van der Waals surface area contributed by atoms with Gasteiger partial charge in [0.2, 0.25) is 0 Å². The van der Waals surface area contributed by atoms with E-state index in [1.807, 2.05) is 54.6 Å². The van der Waals surface area contributed by atoms with Crippen LogP contribution in [0.2, 0.25) is 0 Å². The van der Waals surface area contributed by atoms with Crippen LogP contribution in [-0.2, 0) is 6.54 Å². The van der Waals surface area contributed by atoms with Crippen LogP contribution in [0.4, 0.5) is 5.69 Å². The van der Waals surface area contributed by atoms with Crippen LogP contribution in [0.15, 0.2) is 77.8 Å². The predicted molar refractivity (Wildman–Crippen MR) is 107 cm³/mol. The summed E-state index contributed by atoms with van der Waals surface area (Å²) in [7, 11) is 1.57. The molecule has 3 aromatic rings. The number of aliphatic imine (C=N–C) groups is 1. The molecule has 0 saturated carbocycles. The fraction of sp³-hybridized carbons (Fsp3) is 0.0952. The minimum Gasteiger partial charge on any atom is -0.508 e. The minimum atomic E-state index is 0.144. The standard InChI is InChI=1S/C21H21N3O3/c1-26-18-10-11-20(25)15(12-18)14-23-21(22)24-16-6-5-9-19(13-16)27-17-7-3-2-4-8-17/h2-13,25H,14H2,1H3,(H3,22,23,24). The van der Waals surface area contributed by atoms with E-state index in [9.17, 15) is 5.11 Å². The molecule has 3 aromatic carbocycles. The Morgan fingerprint density at radius 1 is 0.963 bits per heavy atom. The number of rotatable bonds is 6. The van der Waals surface area contributed by atoms with E-state index >= 15 is 0 Å². The number of anilines is 1. The lowest BCUT2D eigenvalue weighted by atomic mass is 10.2. The van der Waals surface area contributed by atoms with Gasteiger partial charge in [-0.2, -0.15) is 0 Å². The summed E-state index contributed by atoms with van der Waals surface area (Å²) in [5.74, 6) is 2.46. The lowest BCUT2D eigenvalue weighted by Crippen LogP contribution is -2.22. The summed E-state index contributed by atoms with van der Waals surface area (Å²) in [6, 6.07) is 21.9. The maximum Gasteiger partial charge on any atom is 0.193 e. The van der Waals surface area contributed by atoms with Crippen molar-refractivity contribution in [3.63, 3.8) is 0 Å². The summed E-state index contributed by atoms with van der Waals surface area (Å²) in [5, 5.41) is 12.9. The first-order chi connectivity index (χ1) is 13.1. The number of nitrogens with two attached hydrogens (primary N) is 1. The maximum absolute atomic E-state index is 9.91. The molecule has 0 aliphatic carbocycles. The van der Waals surface area contributed by atoms with E-state index in [4.69, 9.17) is 15.2 Å². The van der Waals surface area contributed by atoms with Crippen LogP contribution < -0.4 is 20.5 Å². The SMILES string of the molecule is COc1ccc(O)c(CN=C(N)Nc2cccc(Oc3ccccc3)c2)c1. The van der Waals surface area contributed by atoms with Gasteiger partial charge in [-0.3, -0.25) is 0 Å². The van der Waals surface area contributed by atoms with E-state index in [0.717, 1.165) is 11.4 Å². The average molecular weight is 363 g/mol. The topological polar surface area (TPSA) is 89.1 Å². The molecule has 3 rings (SSSR count). The molecule has 0 radical (unpaired) electrons. The Balaban J connectivity index is 1.66. The molecule has 0 aliphatic rings. The Bertz CT molecular complexity index is 927. The summed E-state index contributed by atoms with van der Waals surface area (Å²) >= 11 is 0. The number of benzene rings is 3. The molecule has 0 fully saturated rings. The molecule has 138 valence electrons.